The Kier molecular flexibility index (Phi) is 6.34. The molecule has 3 aromatic rings. The van der Waals surface area contributed by atoms with Gasteiger partial charge in [0.25, 0.3) is 5.56 Å². The van der Waals surface area contributed by atoms with Crippen LogP contribution in [0.25, 0.3) is 11.0 Å². The lowest BCUT2D eigenvalue weighted by Crippen LogP contribution is -2.40. The number of rotatable bonds is 7. The number of nitrogens with one attached hydrogen (secondary N) is 1. The summed E-state index contributed by atoms with van der Waals surface area (Å²) in [5.74, 6) is 1.11. The predicted molar refractivity (Wildman–Crippen MR) is 119 cm³/mol. The normalized spacial score (nSPS) is 14.6. The van der Waals surface area contributed by atoms with Crippen molar-refractivity contribution in [1.82, 2.24) is 24.4 Å². The molecule has 0 unspecified atom stereocenters. The van der Waals surface area contributed by atoms with Crippen LogP contribution in [0.15, 0.2) is 35.4 Å². The van der Waals surface area contributed by atoms with Gasteiger partial charge in [0, 0.05) is 62.9 Å². The van der Waals surface area contributed by atoms with E-state index in [9.17, 15) is 14.4 Å². The Balaban J connectivity index is 1.26. The van der Waals surface area contributed by atoms with Crippen molar-refractivity contribution in [3.05, 3.63) is 52.3 Å². The average molecular weight is 438 g/mol. The van der Waals surface area contributed by atoms with Gasteiger partial charge in [-0.05, 0) is 31.4 Å². The molecule has 1 amide bonds. The SMILES string of the molecule is COc1ccc(C(=O)C2CCN(C(=O)CCCc3nc4c(ccn4C)c(=O)[nH]3)CC2)cn1. The topological polar surface area (TPSA) is 110 Å². The summed E-state index contributed by atoms with van der Waals surface area (Å²) < 4.78 is 6.84. The largest absolute Gasteiger partial charge is 0.481 e. The first-order valence-corrected chi connectivity index (χ1v) is 10.8. The highest BCUT2D eigenvalue weighted by atomic mass is 16.5. The van der Waals surface area contributed by atoms with Crippen LogP contribution in [0.4, 0.5) is 0 Å². The van der Waals surface area contributed by atoms with Crippen LogP contribution in [-0.4, -0.2) is 56.3 Å². The number of ketones is 1. The lowest BCUT2D eigenvalue weighted by atomic mass is 9.89. The number of Topliss-reactive ketones (excluding diaryl/α,β-unsaturated/α-hetero) is 1. The molecule has 3 aromatic heterocycles. The molecule has 4 heterocycles. The minimum Gasteiger partial charge on any atom is -0.481 e. The summed E-state index contributed by atoms with van der Waals surface area (Å²) in [5.41, 5.74) is 1.07. The van der Waals surface area contributed by atoms with E-state index in [4.69, 9.17) is 4.74 Å². The number of aryl methyl sites for hydroxylation is 2. The summed E-state index contributed by atoms with van der Waals surface area (Å²) in [6.45, 7) is 1.15. The number of pyridine rings is 1. The Bertz CT molecular complexity index is 1170. The molecule has 0 bridgehead atoms. The van der Waals surface area contributed by atoms with Crippen LogP contribution in [0.3, 0.4) is 0 Å². The third kappa shape index (κ3) is 4.56. The van der Waals surface area contributed by atoms with Crippen LogP contribution in [0.5, 0.6) is 5.88 Å². The van der Waals surface area contributed by atoms with Crippen molar-refractivity contribution in [2.75, 3.05) is 20.2 Å². The van der Waals surface area contributed by atoms with Gasteiger partial charge in [0.05, 0.1) is 12.5 Å². The fourth-order valence-electron chi connectivity index (χ4n) is 4.15. The molecule has 0 spiro atoms. The lowest BCUT2D eigenvalue weighted by molar-refractivity contribution is -0.132. The molecule has 1 saturated heterocycles. The van der Waals surface area contributed by atoms with E-state index in [1.165, 1.54) is 7.11 Å². The molecule has 1 aliphatic heterocycles. The third-order valence-electron chi connectivity index (χ3n) is 6.04. The Hall–Kier alpha value is -3.49. The molecular formula is C23H27N5O4. The van der Waals surface area contributed by atoms with Crippen molar-refractivity contribution in [3.63, 3.8) is 0 Å². The predicted octanol–water partition coefficient (Wildman–Crippen LogP) is 2.11. The quantitative estimate of drug-likeness (QED) is 0.567. The molecular weight excluding hydrogens is 410 g/mol. The first-order valence-electron chi connectivity index (χ1n) is 10.8. The van der Waals surface area contributed by atoms with Crippen molar-refractivity contribution < 1.29 is 14.3 Å². The smallest absolute Gasteiger partial charge is 0.260 e. The molecule has 32 heavy (non-hydrogen) atoms. The van der Waals surface area contributed by atoms with Crippen LogP contribution in [0.2, 0.25) is 0 Å². The zero-order valence-corrected chi connectivity index (χ0v) is 18.3. The van der Waals surface area contributed by atoms with Gasteiger partial charge >= 0.3 is 0 Å². The van der Waals surface area contributed by atoms with Crippen molar-refractivity contribution in [2.45, 2.75) is 32.1 Å². The first kappa shape index (κ1) is 21.7. The second-order valence-corrected chi connectivity index (χ2v) is 8.14. The number of fused-ring (bicyclic) bond motifs is 1. The molecule has 9 nitrogen and oxygen atoms in total. The van der Waals surface area contributed by atoms with Gasteiger partial charge in [-0.2, -0.15) is 0 Å². The first-order chi connectivity index (χ1) is 15.5. The maximum absolute atomic E-state index is 12.7. The van der Waals surface area contributed by atoms with Gasteiger partial charge in [0.1, 0.15) is 11.5 Å². The van der Waals surface area contributed by atoms with Gasteiger partial charge in [-0.1, -0.05) is 0 Å². The number of H-pyrrole nitrogens is 1. The Morgan fingerprint density at radius 2 is 2.00 bits per heavy atom. The summed E-state index contributed by atoms with van der Waals surface area (Å²) >= 11 is 0. The number of piperidine rings is 1. The van der Waals surface area contributed by atoms with Crippen molar-refractivity contribution >= 4 is 22.7 Å². The van der Waals surface area contributed by atoms with E-state index in [-0.39, 0.29) is 23.2 Å². The summed E-state index contributed by atoms with van der Waals surface area (Å²) in [6, 6.07) is 5.16. The third-order valence-corrected chi connectivity index (χ3v) is 6.04. The van der Waals surface area contributed by atoms with Crippen LogP contribution in [0.1, 0.15) is 41.9 Å². The molecule has 0 aromatic carbocycles. The lowest BCUT2D eigenvalue weighted by Gasteiger charge is -2.31. The molecule has 0 radical (unpaired) electrons. The number of methoxy groups -OCH3 is 1. The van der Waals surface area contributed by atoms with E-state index in [0.717, 1.165) is 0 Å². The highest BCUT2D eigenvalue weighted by Gasteiger charge is 2.28. The van der Waals surface area contributed by atoms with Crippen LogP contribution in [0, 0.1) is 5.92 Å². The van der Waals surface area contributed by atoms with Gasteiger partial charge in [-0.3, -0.25) is 14.4 Å². The van der Waals surface area contributed by atoms with E-state index in [1.54, 1.807) is 30.6 Å². The van der Waals surface area contributed by atoms with Gasteiger partial charge in [0.15, 0.2) is 5.78 Å². The number of amides is 1. The summed E-state index contributed by atoms with van der Waals surface area (Å²) in [5, 5.41) is 0.565. The highest BCUT2D eigenvalue weighted by Crippen LogP contribution is 2.23. The number of hydrogen-bond acceptors (Lipinski definition) is 6. The van der Waals surface area contributed by atoms with Gasteiger partial charge < -0.3 is 19.2 Å². The molecule has 0 saturated carbocycles. The molecule has 1 N–H and O–H groups in total. The number of likely N-dealkylation sites (tertiary alicyclic amines) is 1. The zero-order chi connectivity index (χ0) is 22.7. The Morgan fingerprint density at radius 1 is 1.22 bits per heavy atom. The molecule has 4 rings (SSSR count). The maximum atomic E-state index is 12.7. The number of carbonyl (C=O) groups excluding carboxylic acids is 2. The Morgan fingerprint density at radius 3 is 2.69 bits per heavy atom. The van der Waals surface area contributed by atoms with E-state index in [2.05, 4.69) is 15.0 Å². The number of aromatic amines is 1. The van der Waals surface area contributed by atoms with Gasteiger partial charge in [-0.25, -0.2) is 9.97 Å². The van der Waals surface area contributed by atoms with Gasteiger partial charge in [0.2, 0.25) is 11.8 Å². The molecule has 1 aliphatic rings. The number of aromatic nitrogens is 4. The van der Waals surface area contributed by atoms with E-state index >= 15 is 0 Å². The average Bonchev–Trinajstić information content (AvgIpc) is 3.20. The number of hydrogen-bond donors (Lipinski definition) is 1. The number of carbonyl (C=O) groups is 2. The Labute approximate surface area is 185 Å². The van der Waals surface area contributed by atoms with Crippen molar-refractivity contribution in [2.24, 2.45) is 13.0 Å². The van der Waals surface area contributed by atoms with Crippen LogP contribution in [-0.2, 0) is 18.3 Å². The molecule has 0 aliphatic carbocycles. The minimum atomic E-state index is -0.157. The maximum Gasteiger partial charge on any atom is 0.260 e. The van der Waals surface area contributed by atoms with E-state index < -0.39 is 0 Å². The summed E-state index contributed by atoms with van der Waals surface area (Å²) in [7, 11) is 3.38. The second kappa shape index (κ2) is 9.33. The molecule has 168 valence electrons. The fourth-order valence-corrected chi connectivity index (χ4v) is 4.15. The van der Waals surface area contributed by atoms with Crippen LogP contribution < -0.4 is 10.3 Å². The summed E-state index contributed by atoms with van der Waals surface area (Å²) in [6.07, 6.45) is 6.17. The molecule has 9 heteroatoms. The van der Waals surface area contributed by atoms with Crippen LogP contribution >= 0.6 is 0 Å². The van der Waals surface area contributed by atoms with Gasteiger partial charge in [-0.15, -0.1) is 0 Å². The second-order valence-electron chi connectivity index (χ2n) is 8.14. The standard InChI is InChI=1S/C23H27N5O4/c1-27-11-10-17-22(27)25-18(26-23(17)31)4-3-5-20(29)28-12-8-15(9-13-28)21(30)16-6-7-19(32-2)24-14-16/h6-7,10-11,14-15H,3-5,8-9,12-13H2,1-2H3,(H,25,26,31). The molecule has 0 atom stereocenters. The highest BCUT2D eigenvalue weighted by molar-refractivity contribution is 5.97. The van der Waals surface area contributed by atoms with Crippen molar-refractivity contribution in [3.8, 4) is 5.88 Å². The zero-order valence-electron chi connectivity index (χ0n) is 18.3. The van der Waals surface area contributed by atoms with Crippen molar-refractivity contribution in [1.29, 1.82) is 0 Å². The number of nitrogens with zero attached hydrogens (tertiary/aromatic N) is 4. The van der Waals surface area contributed by atoms with E-state index in [1.807, 2.05) is 16.5 Å². The molecule has 1 fully saturated rings. The number of ether oxygens (including phenoxy) is 1. The fraction of sp³-hybridized carbons (Fsp3) is 0.435. The minimum absolute atomic E-state index is 0.0679. The summed E-state index contributed by atoms with van der Waals surface area (Å²) in [4.78, 5) is 50.7. The monoisotopic (exact) mass is 437 g/mol. The van der Waals surface area contributed by atoms with E-state index in [0.29, 0.717) is 73.5 Å².